The van der Waals surface area contributed by atoms with Gasteiger partial charge in [0.25, 0.3) is 0 Å². The zero-order valence-corrected chi connectivity index (χ0v) is 11.1. The lowest BCUT2D eigenvalue weighted by Gasteiger charge is -2.28. The highest BCUT2D eigenvalue weighted by Gasteiger charge is 2.18. The van der Waals surface area contributed by atoms with Crippen LogP contribution in [-0.2, 0) is 16.1 Å². The molecule has 1 fully saturated rings. The van der Waals surface area contributed by atoms with Gasteiger partial charge in [-0.2, -0.15) is 0 Å². The third-order valence-corrected chi connectivity index (χ3v) is 3.07. The molecular formula is C14H20N2O3. The zero-order valence-electron chi connectivity index (χ0n) is 11.1. The van der Waals surface area contributed by atoms with Crippen LogP contribution in [-0.4, -0.2) is 37.8 Å². The molecule has 1 aromatic rings. The first kappa shape index (κ1) is 14.0. The Balaban J connectivity index is 1.84. The molecule has 0 spiro atoms. The van der Waals surface area contributed by atoms with Gasteiger partial charge in [-0.3, -0.25) is 4.79 Å². The van der Waals surface area contributed by atoms with Crippen LogP contribution < -0.4 is 11.1 Å². The summed E-state index contributed by atoms with van der Waals surface area (Å²) >= 11 is 0. The number of benzene rings is 1. The van der Waals surface area contributed by atoms with Crippen molar-refractivity contribution in [3.8, 4) is 0 Å². The highest BCUT2D eigenvalue weighted by molar-refractivity contribution is 5.94. The van der Waals surface area contributed by atoms with Crippen LogP contribution in [0.25, 0.3) is 0 Å². The van der Waals surface area contributed by atoms with Crippen molar-refractivity contribution < 1.29 is 14.3 Å². The standard InChI is InChI=1S/C14H20N2O3/c1-10-6-16-7-12(19-10)9-18-8-11-4-2-3-5-13(11)14(15)17/h2-5,10,12,16H,6-9H2,1H3,(H2,15,17). The third-order valence-electron chi connectivity index (χ3n) is 3.07. The molecule has 19 heavy (non-hydrogen) atoms. The van der Waals surface area contributed by atoms with Crippen LogP contribution in [0.5, 0.6) is 0 Å². The number of ether oxygens (including phenoxy) is 2. The molecule has 0 aromatic heterocycles. The first-order valence-electron chi connectivity index (χ1n) is 6.48. The molecule has 0 aliphatic carbocycles. The number of nitrogens with two attached hydrogens (primary N) is 1. The van der Waals surface area contributed by atoms with Crippen molar-refractivity contribution in [1.82, 2.24) is 5.32 Å². The molecule has 2 rings (SSSR count). The molecule has 0 saturated carbocycles. The maximum Gasteiger partial charge on any atom is 0.249 e. The van der Waals surface area contributed by atoms with E-state index in [-0.39, 0.29) is 12.2 Å². The van der Waals surface area contributed by atoms with Gasteiger partial charge >= 0.3 is 0 Å². The summed E-state index contributed by atoms with van der Waals surface area (Å²) < 4.78 is 11.3. The second kappa shape index (κ2) is 6.65. The molecule has 0 bridgehead atoms. The van der Waals surface area contributed by atoms with E-state index in [0.717, 1.165) is 18.7 Å². The highest BCUT2D eigenvalue weighted by Crippen LogP contribution is 2.11. The lowest BCUT2D eigenvalue weighted by molar-refractivity contribution is -0.0716. The van der Waals surface area contributed by atoms with Crippen molar-refractivity contribution in [2.45, 2.75) is 25.7 Å². The van der Waals surface area contributed by atoms with E-state index in [9.17, 15) is 4.79 Å². The average molecular weight is 264 g/mol. The molecule has 1 heterocycles. The number of primary amides is 1. The van der Waals surface area contributed by atoms with Crippen molar-refractivity contribution >= 4 is 5.91 Å². The molecule has 1 amide bonds. The maximum atomic E-state index is 11.3. The van der Waals surface area contributed by atoms with Crippen LogP contribution in [0.4, 0.5) is 0 Å². The van der Waals surface area contributed by atoms with Gasteiger partial charge in [0.1, 0.15) is 0 Å². The molecule has 104 valence electrons. The van der Waals surface area contributed by atoms with E-state index < -0.39 is 5.91 Å². The number of hydrogen-bond acceptors (Lipinski definition) is 4. The topological polar surface area (TPSA) is 73.6 Å². The number of morpholine rings is 1. The zero-order chi connectivity index (χ0) is 13.7. The minimum atomic E-state index is -0.427. The fourth-order valence-electron chi connectivity index (χ4n) is 2.16. The summed E-state index contributed by atoms with van der Waals surface area (Å²) in [5.41, 5.74) is 6.64. The second-order valence-corrected chi connectivity index (χ2v) is 4.76. The SMILES string of the molecule is CC1CNCC(COCc2ccccc2C(N)=O)O1. The molecule has 1 aromatic carbocycles. The fourth-order valence-corrected chi connectivity index (χ4v) is 2.16. The Kier molecular flexibility index (Phi) is 4.90. The van der Waals surface area contributed by atoms with Crippen LogP contribution in [0.1, 0.15) is 22.8 Å². The van der Waals surface area contributed by atoms with Crippen LogP contribution in [0.3, 0.4) is 0 Å². The van der Waals surface area contributed by atoms with E-state index in [0.29, 0.717) is 18.8 Å². The van der Waals surface area contributed by atoms with Crippen LogP contribution in [0, 0.1) is 0 Å². The van der Waals surface area contributed by atoms with E-state index in [2.05, 4.69) is 5.32 Å². The number of carbonyl (C=O) groups is 1. The number of amides is 1. The number of carbonyl (C=O) groups excluding carboxylic acids is 1. The van der Waals surface area contributed by atoms with Crippen LogP contribution in [0.2, 0.25) is 0 Å². The number of hydrogen-bond donors (Lipinski definition) is 2. The number of nitrogens with one attached hydrogen (secondary N) is 1. The Morgan fingerprint density at radius 2 is 2.26 bits per heavy atom. The summed E-state index contributed by atoms with van der Waals surface area (Å²) in [4.78, 5) is 11.3. The normalized spacial score (nSPS) is 23.2. The van der Waals surface area contributed by atoms with E-state index in [1.165, 1.54) is 0 Å². The summed E-state index contributed by atoms with van der Waals surface area (Å²) in [5, 5.41) is 3.28. The summed E-state index contributed by atoms with van der Waals surface area (Å²) in [6.07, 6.45) is 0.268. The van der Waals surface area contributed by atoms with Gasteiger partial charge in [0, 0.05) is 18.7 Å². The quantitative estimate of drug-likeness (QED) is 0.820. The van der Waals surface area contributed by atoms with Crippen molar-refractivity contribution in [2.24, 2.45) is 5.73 Å². The predicted octanol–water partition coefficient (Wildman–Crippen LogP) is 0.679. The van der Waals surface area contributed by atoms with Gasteiger partial charge in [-0.15, -0.1) is 0 Å². The minimum absolute atomic E-state index is 0.0597. The van der Waals surface area contributed by atoms with Gasteiger partial charge in [-0.05, 0) is 18.6 Å². The third kappa shape index (κ3) is 4.02. The maximum absolute atomic E-state index is 11.3. The van der Waals surface area contributed by atoms with Crippen molar-refractivity contribution in [1.29, 1.82) is 0 Å². The van der Waals surface area contributed by atoms with Gasteiger partial charge in [-0.1, -0.05) is 18.2 Å². The van der Waals surface area contributed by atoms with Gasteiger partial charge < -0.3 is 20.5 Å². The minimum Gasteiger partial charge on any atom is -0.374 e. The smallest absolute Gasteiger partial charge is 0.249 e. The van der Waals surface area contributed by atoms with Gasteiger partial charge in [0.05, 0.1) is 25.4 Å². The highest BCUT2D eigenvalue weighted by atomic mass is 16.5. The lowest BCUT2D eigenvalue weighted by atomic mass is 10.1. The van der Waals surface area contributed by atoms with Crippen molar-refractivity contribution in [3.63, 3.8) is 0 Å². The summed E-state index contributed by atoms with van der Waals surface area (Å²) in [6, 6.07) is 7.22. The Morgan fingerprint density at radius 3 is 3.00 bits per heavy atom. The van der Waals surface area contributed by atoms with Crippen molar-refractivity contribution in [2.75, 3.05) is 19.7 Å². The Morgan fingerprint density at radius 1 is 1.47 bits per heavy atom. The summed E-state index contributed by atoms with van der Waals surface area (Å²) in [7, 11) is 0. The van der Waals surface area contributed by atoms with E-state index in [4.69, 9.17) is 15.2 Å². The molecule has 3 N–H and O–H groups in total. The van der Waals surface area contributed by atoms with Crippen molar-refractivity contribution in [3.05, 3.63) is 35.4 Å². The molecule has 5 heteroatoms. The molecular weight excluding hydrogens is 244 g/mol. The summed E-state index contributed by atoms with van der Waals surface area (Å²) in [5.74, 6) is -0.427. The largest absolute Gasteiger partial charge is 0.374 e. The Bertz CT molecular complexity index is 436. The molecule has 2 atom stereocenters. The molecule has 0 radical (unpaired) electrons. The monoisotopic (exact) mass is 264 g/mol. The van der Waals surface area contributed by atoms with Crippen LogP contribution in [0.15, 0.2) is 24.3 Å². The van der Waals surface area contributed by atoms with E-state index in [1.807, 2.05) is 19.1 Å². The molecule has 2 unspecified atom stereocenters. The average Bonchev–Trinajstić information content (AvgIpc) is 2.39. The second-order valence-electron chi connectivity index (χ2n) is 4.76. The predicted molar refractivity (Wildman–Crippen MR) is 71.8 cm³/mol. The van der Waals surface area contributed by atoms with E-state index >= 15 is 0 Å². The van der Waals surface area contributed by atoms with E-state index in [1.54, 1.807) is 12.1 Å². The molecule has 1 aliphatic heterocycles. The Labute approximate surface area is 113 Å². The Hall–Kier alpha value is -1.43. The fraction of sp³-hybridized carbons (Fsp3) is 0.500. The van der Waals surface area contributed by atoms with Gasteiger partial charge in [0.2, 0.25) is 5.91 Å². The lowest BCUT2D eigenvalue weighted by Crippen LogP contribution is -2.45. The molecule has 1 aliphatic rings. The molecule has 5 nitrogen and oxygen atoms in total. The number of rotatable bonds is 5. The van der Waals surface area contributed by atoms with Gasteiger partial charge in [-0.25, -0.2) is 0 Å². The first-order valence-corrected chi connectivity index (χ1v) is 6.48. The molecule has 1 saturated heterocycles. The van der Waals surface area contributed by atoms with Crippen LogP contribution >= 0.6 is 0 Å². The van der Waals surface area contributed by atoms with Gasteiger partial charge in [0.15, 0.2) is 0 Å². The first-order chi connectivity index (χ1) is 9.16. The summed E-state index contributed by atoms with van der Waals surface area (Å²) in [6.45, 7) is 4.57.